The van der Waals surface area contributed by atoms with Crippen LogP contribution in [0.4, 0.5) is 0 Å². The first-order valence-corrected chi connectivity index (χ1v) is 12.0. The molecule has 2 unspecified atom stereocenters. The maximum Gasteiger partial charge on any atom is 0.334 e. The van der Waals surface area contributed by atoms with Crippen molar-refractivity contribution in [3.8, 4) is 0 Å². The van der Waals surface area contributed by atoms with Crippen LogP contribution in [-0.4, -0.2) is 42.5 Å². The summed E-state index contributed by atoms with van der Waals surface area (Å²) in [6.07, 6.45) is 1.10. The van der Waals surface area contributed by atoms with Gasteiger partial charge in [-0.15, -0.1) is 0 Å². The van der Waals surface area contributed by atoms with Crippen molar-refractivity contribution in [1.29, 1.82) is 0 Å². The van der Waals surface area contributed by atoms with Gasteiger partial charge in [0.05, 0.1) is 12.8 Å². The van der Waals surface area contributed by atoms with Crippen LogP contribution in [0.2, 0.25) is 18.1 Å². The van der Waals surface area contributed by atoms with E-state index < -0.39 is 30.5 Å². The first kappa shape index (κ1) is 22.6. The highest BCUT2D eigenvalue weighted by atomic mass is 32.2. The van der Waals surface area contributed by atoms with Gasteiger partial charge in [-0.2, -0.15) is 0 Å². The molecule has 2 atom stereocenters. The zero-order chi connectivity index (χ0) is 18.5. The minimum Gasteiger partial charge on any atom is -0.591 e. The number of rotatable bonds is 7. The minimum absolute atomic E-state index is 0.0108. The molecule has 0 aliphatic carbocycles. The summed E-state index contributed by atoms with van der Waals surface area (Å²) in [5.74, 6) is -0.384. The van der Waals surface area contributed by atoms with Crippen molar-refractivity contribution in [3.63, 3.8) is 0 Å². The summed E-state index contributed by atoms with van der Waals surface area (Å²) in [5.41, 5.74) is 0. The zero-order valence-corrected chi connectivity index (χ0v) is 17.9. The van der Waals surface area contributed by atoms with Crippen LogP contribution in [-0.2, 0) is 25.3 Å². The molecule has 0 bridgehead atoms. The summed E-state index contributed by atoms with van der Waals surface area (Å²) in [6, 6.07) is 0. The normalized spacial score (nSPS) is 16.4. The fourth-order valence-electron chi connectivity index (χ4n) is 1.32. The van der Waals surface area contributed by atoms with Gasteiger partial charge in [0.25, 0.3) is 0 Å². The highest BCUT2D eigenvalue weighted by Crippen LogP contribution is 2.37. The van der Waals surface area contributed by atoms with Crippen molar-refractivity contribution in [2.75, 3.05) is 6.61 Å². The topological polar surface area (TPSA) is 71.0 Å². The molecule has 0 aromatic rings. The standard InChI is InChI=1S/C16H33NO4SSi/c1-10-20-14(18)13(21-23(8,9)16(5,6)7)11-12-17-22(19)15(2,3)4/h12-13H,10-11H2,1-9H3. The van der Waals surface area contributed by atoms with E-state index in [0.29, 0.717) is 6.61 Å². The lowest BCUT2D eigenvalue weighted by molar-refractivity contribution is -0.151. The van der Waals surface area contributed by atoms with Gasteiger partial charge in [-0.3, -0.25) is 0 Å². The second-order valence-corrected chi connectivity index (χ2v) is 14.7. The van der Waals surface area contributed by atoms with Crippen LogP contribution < -0.4 is 0 Å². The van der Waals surface area contributed by atoms with E-state index in [1.807, 2.05) is 20.8 Å². The van der Waals surface area contributed by atoms with E-state index in [2.05, 4.69) is 38.3 Å². The van der Waals surface area contributed by atoms with Crippen molar-refractivity contribution in [1.82, 2.24) is 0 Å². The molecule has 0 heterocycles. The van der Waals surface area contributed by atoms with Crippen LogP contribution in [0.1, 0.15) is 54.9 Å². The van der Waals surface area contributed by atoms with Crippen LogP contribution in [0.3, 0.4) is 0 Å². The fourth-order valence-corrected chi connectivity index (χ4v) is 3.12. The van der Waals surface area contributed by atoms with Gasteiger partial charge < -0.3 is 13.7 Å². The van der Waals surface area contributed by atoms with Gasteiger partial charge in [0.2, 0.25) is 0 Å². The van der Waals surface area contributed by atoms with Crippen molar-refractivity contribution >= 4 is 31.9 Å². The SMILES string of the molecule is CCOC(=O)C(CC=N[S+]([O-])C(C)(C)C)O[Si](C)(C)C(C)(C)C. The van der Waals surface area contributed by atoms with Crippen LogP contribution >= 0.6 is 0 Å². The first-order valence-electron chi connectivity index (χ1n) is 8.01. The average Bonchev–Trinajstić information content (AvgIpc) is 2.34. The van der Waals surface area contributed by atoms with Gasteiger partial charge >= 0.3 is 5.97 Å². The van der Waals surface area contributed by atoms with E-state index in [1.165, 1.54) is 6.21 Å². The number of hydrogen-bond donors (Lipinski definition) is 0. The first-order chi connectivity index (χ1) is 10.2. The molecule has 5 nitrogen and oxygen atoms in total. The monoisotopic (exact) mass is 363 g/mol. The van der Waals surface area contributed by atoms with Gasteiger partial charge in [0.15, 0.2) is 8.32 Å². The van der Waals surface area contributed by atoms with Crippen LogP contribution in [0, 0.1) is 0 Å². The summed E-state index contributed by atoms with van der Waals surface area (Å²) in [4.78, 5) is 12.2. The van der Waals surface area contributed by atoms with Gasteiger partial charge in [-0.05, 0) is 45.8 Å². The van der Waals surface area contributed by atoms with Crippen LogP contribution in [0.25, 0.3) is 0 Å². The van der Waals surface area contributed by atoms with Gasteiger partial charge in [-0.1, -0.05) is 25.2 Å². The Morgan fingerprint density at radius 1 is 1.26 bits per heavy atom. The Morgan fingerprint density at radius 3 is 2.17 bits per heavy atom. The second kappa shape index (κ2) is 8.64. The molecule has 0 aromatic heterocycles. The molecule has 0 fully saturated rings. The van der Waals surface area contributed by atoms with Crippen molar-refractivity contribution in [2.45, 2.75) is 83.9 Å². The van der Waals surface area contributed by atoms with E-state index in [0.717, 1.165) is 0 Å². The van der Waals surface area contributed by atoms with Crippen molar-refractivity contribution in [3.05, 3.63) is 0 Å². The third-order valence-electron chi connectivity index (χ3n) is 3.81. The lowest BCUT2D eigenvalue weighted by Crippen LogP contribution is -2.46. The number of hydrogen-bond acceptors (Lipinski definition) is 5. The molecular weight excluding hydrogens is 330 g/mol. The van der Waals surface area contributed by atoms with Crippen molar-refractivity contribution in [2.24, 2.45) is 4.40 Å². The molecular formula is C16H33NO4SSi. The Kier molecular flexibility index (Phi) is 8.50. The predicted octanol–water partition coefficient (Wildman–Crippen LogP) is 3.86. The molecule has 0 radical (unpaired) electrons. The summed E-state index contributed by atoms with van der Waals surface area (Å²) in [6.45, 7) is 18.2. The molecule has 7 heteroatoms. The third-order valence-corrected chi connectivity index (χ3v) is 9.68. The lowest BCUT2D eigenvalue weighted by atomic mass is 10.2. The number of nitrogens with zero attached hydrogens (tertiary/aromatic N) is 1. The zero-order valence-electron chi connectivity index (χ0n) is 16.1. The number of carbonyl (C=O) groups is 1. The maximum atomic E-state index is 12.2. The smallest absolute Gasteiger partial charge is 0.334 e. The molecule has 0 amide bonds. The van der Waals surface area contributed by atoms with E-state index in [4.69, 9.17) is 9.16 Å². The van der Waals surface area contributed by atoms with E-state index in [1.54, 1.807) is 6.92 Å². The Hall–Kier alpha value is -0.373. The molecule has 0 saturated carbocycles. The quantitative estimate of drug-likeness (QED) is 0.298. The summed E-state index contributed by atoms with van der Waals surface area (Å²) >= 11 is -1.34. The molecule has 0 aromatic carbocycles. The van der Waals surface area contributed by atoms with Crippen LogP contribution in [0.5, 0.6) is 0 Å². The number of esters is 1. The molecule has 0 rings (SSSR count). The minimum atomic E-state index is -2.11. The predicted molar refractivity (Wildman–Crippen MR) is 99.7 cm³/mol. The Balaban J connectivity index is 5.05. The third kappa shape index (κ3) is 7.83. The molecule has 136 valence electrons. The summed E-state index contributed by atoms with van der Waals surface area (Å²) in [5, 5.41) is -0.0108. The maximum absolute atomic E-state index is 12.2. The molecule has 0 aliphatic rings. The summed E-state index contributed by atoms with van der Waals surface area (Å²) in [7, 11) is -2.11. The van der Waals surface area contributed by atoms with Crippen molar-refractivity contribution < 1.29 is 18.5 Å². The molecule has 0 N–H and O–H groups in total. The number of carbonyl (C=O) groups excluding carboxylic acids is 1. The van der Waals surface area contributed by atoms with Gasteiger partial charge in [0, 0.05) is 6.42 Å². The fraction of sp³-hybridized carbons (Fsp3) is 0.875. The van der Waals surface area contributed by atoms with Gasteiger partial charge in [0.1, 0.15) is 22.2 Å². The lowest BCUT2D eigenvalue weighted by Gasteiger charge is -2.38. The van der Waals surface area contributed by atoms with Gasteiger partial charge in [-0.25, -0.2) is 4.79 Å². The average molecular weight is 364 g/mol. The second-order valence-electron chi connectivity index (χ2n) is 8.00. The number of ether oxygens (including phenoxy) is 1. The molecule has 0 saturated heterocycles. The molecule has 0 aliphatic heterocycles. The Labute approximate surface area is 145 Å². The van der Waals surface area contributed by atoms with E-state index in [9.17, 15) is 9.35 Å². The Morgan fingerprint density at radius 2 is 1.78 bits per heavy atom. The highest BCUT2D eigenvalue weighted by molar-refractivity contribution is 7.91. The van der Waals surface area contributed by atoms with E-state index in [-0.39, 0.29) is 17.4 Å². The molecule has 23 heavy (non-hydrogen) atoms. The highest BCUT2D eigenvalue weighted by Gasteiger charge is 2.41. The summed E-state index contributed by atoms with van der Waals surface area (Å²) < 4.78 is 26.8. The Bertz CT molecular complexity index is 413. The van der Waals surface area contributed by atoms with E-state index >= 15 is 0 Å². The largest absolute Gasteiger partial charge is 0.591 e. The van der Waals surface area contributed by atoms with Crippen LogP contribution in [0.15, 0.2) is 4.40 Å². The molecule has 0 spiro atoms.